The summed E-state index contributed by atoms with van der Waals surface area (Å²) >= 11 is -1.92. The van der Waals surface area contributed by atoms with Gasteiger partial charge in [0.2, 0.25) is 0 Å². The van der Waals surface area contributed by atoms with Crippen molar-refractivity contribution in [3.8, 4) is 5.75 Å². The summed E-state index contributed by atoms with van der Waals surface area (Å²) in [7, 11) is 0. The second-order valence-electron chi connectivity index (χ2n) is 11.7. The third-order valence-corrected chi connectivity index (χ3v) is 8.28. The van der Waals surface area contributed by atoms with E-state index in [0.717, 1.165) is 27.8 Å². The molecule has 0 spiro atoms. The molecule has 216 valence electrons. The van der Waals surface area contributed by atoms with Gasteiger partial charge < -0.3 is 14.0 Å². The number of benzene rings is 3. The Hall–Kier alpha value is -3.00. The van der Waals surface area contributed by atoms with E-state index < -0.39 is 46.8 Å². The maximum absolute atomic E-state index is 14.0. The first kappa shape index (κ1) is 31.5. The number of nitrogens with zero attached hydrogens (tertiary/aromatic N) is 1. The van der Waals surface area contributed by atoms with E-state index in [-0.39, 0.29) is 0 Å². The SMILES string of the molecule is Cc1cc(C)c(OS(=O)N(Cc2ccccc2)[C@@H](C)[C@H](OC(=O)[C@H](C)[C@H](O)C(C)(C)C)c2ccccc2)c(C)c1. The van der Waals surface area contributed by atoms with Gasteiger partial charge in [-0.15, -0.1) is 0 Å². The third kappa shape index (κ3) is 8.03. The molecule has 0 saturated heterocycles. The normalized spacial score (nSPS) is 15.7. The fraction of sp³-hybridized carbons (Fsp3) is 0.424. The minimum Gasteiger partial charge on any atom is -0.455 e. The average Bonchev–Trinajstić information content (AvgIpc) is 2.91. The number of rotatable bonds is 11. The minimum atomic E-state index is -1.92. The maximum Gasteiger partial charge on any atom is 0.311 e. The molecule has 0 bridgehead atoms. The molecule has 3 rings (SSSR count). The second-order valence-corrected chi connectivity index (χ2v) is 12.8. The van der Waals surface area contributed by atoms with E-state index in [4.69, 9.17) is 8.92 Å². The molecule has 1 N–H and O–H groups in total. The summed E-state index contributed by atoms with van der Waals surface area (Å²) in [4.78, 5) is 13.4. The van der Waals surface area contributed by atoms with Crippen molar-refractivity contribution < 1.29 is 23.0 Å². The van der Waals surface area contributed by atoms with Crippen LogP contribution in [0, 0.1) is 32.1 Å². The fourth-order valence-electron chi connectivity index (χ4n) is 4.86. The summed E-state index contributed by atoms with van der Waals surface area (Å²) in [5.74, 6) is -0.690. The largest absolute Gasteiger partial charge is 0.455 e. The van der Waals surface area contributed by atoms with Gasteiger partial charge >= 0.3 is 5.97 Å². The molecule has 6 nitrogen and oxygen atoms in total. The van der Waals surface area contributed by atoms with Gasteiger partial charge in [0.15, 0.2) is 0 Å². The number of carbonyl (C=O) groups excluding carboxylic acids is 1. The smallest absolute Gasteiger partial charge is 0.311 e. The molecule has 7 heteroatoms. The summed E-state index contributed by atoms with van der Waals surface area (Å²) in [5, 5.41) is 10.8. The molecule has 0 heterocycles. The third-order valence-electron chi connectivity index (χ3n) is 7.13. The van der Waals surface area contributed by atoms with Crippen LogP contribution in [-0.2, 0) is 27.3 Å². The topological polar surface area (TPSA) is 76.1 Å². The molecule has 3 aromatic carbocycles. The first-order valence-electron chi connectivity index (χ1n) is 13.7. The van der Waals surface area contributed by atoms with Crippen LogP contribution in [-0.4, -0.2) is 31.7 Å². The lowest BCUT2D eigenvalue weighted by molar-refractivity contribution is -0.163. The molecule has 0 fully saturated rings. The molecule has 0 aliphatic heterocycles. The van der Waals surface area contributed by atoms with Crippen LogP contribution in [0.15, 0.2) is 72.8 Å². The predicted molar refractivity (Wildman–Crippen MR) is 161 cm³/mol. The van der Waals surface area contributed by atoms with E-state index in [0.29, 0.717) is 12.3 Å². The highest BCUT2D eigenvalue weighted by Crippen LogP contribution is 2.33. The second kappa shape index (κ2) is 13.6. The lowest BCUT2D eigenvalue weighted by Crippen LogP contribution is -2.43. The van der Waals surface area contributed by atoms with Crippen LogP contribution in [0.25, 0.3) is 0 Å². The predicted octanol–water partition coefficient (Wildman–Crippen LogP) is 6.79. The van der Waals surface area contributed by atoms with Crippen molar-refractivity contribution in [3.63, 3.8) is 0 Å². The Balaban J connectivity index is 2.00. The molecule has 0 aromatic heterocycles. The average molecular weight is 566 g/mol. The Labute approximate surface area is 242 Å². The van der Waals surface area contributed by atoms with Gasteiger partial charge in [0.05, 0.1) is 18.1 Å². The van der Waals surface area contributed by atoms with Crippen LogP contribution in [0.2, 0.25) is 0 Å². The summed E-state index contributed by atoms with van der Waals surface area (Å²) in [5.41, 5.74) is 4.11. The van der Waals surface area contributed by atoms with E-state index in [9.17, 15) is 14.1 Å². The number of aliphatic hydroxyl groups is 1. The highest BCUT2D eigenvalue weighted by atomic mass is 32.2. The van der Waals surface area contributed by atoms with Gasteiger partial charge in [0.1, 0.15) is 11.9 Å². The molecule has 0 aliphatic rings. The molecule has 0 saturated carbocycles. The van der Waals surface area contributed by atoms with Crippen LogP contribution >= 0.6 is 0 Å². The van der Waals surface area contributed by atoms with E-state index in [1.54, 1.807) is 11.2 Å². The number of aliphatic hydroxyl groups excluding tert-OH is 1. The van der Waals surface area contributed by atoms with Gasteiger partial charge in [-0.3, -0.25) is 4.79 Å². The molecule has 40 heavy (non-hydrogen) atoms. The summed E-state index contributed by atoms with van der Waals surface area (Å²) < 4.78 is 27.9. The lowest BCUT2D eigenvalue weighted by atomic mass is 9.82. The van der Waals surface area contributed by atoms with Gasteiger partial charge in [0.25, 0.3) is 11.3 Å². The summed E-state index contributed by atoms with van der Waals surface area (Å²) in [6.45, 7) is 15.4. The van der Waals surface area contributed by atoms with E-state index >= 15 is 0 Å². The molecular formula is C33H43NO5S. The monoisotopic (exact) mass is 565 g/mol. The number of hydrogen-bond acceptors (Lipinski definition) is 5. The van der Waals surface area contributed by atoms with Crippen LogP contribution < -0.4 is 4.18 Å². The van der Waals surface area contributed by atoms with Gasteiger partial charge in [-0.1, -0.05) is 99.1 Å². The first-order chi connectivity index (χ1) is 18.8. The van der Waals surface area contributed by atoms with E-state index in [1.807, 2.05) is 121 Å². The molecular weight excluding hydrogens is 522 g/mol. The number of aryl methyl sites for hydroxylation is 3. The van der Waals surface area contributed by atoms with Crippen LogP contribution in [0.3, 0.4) is 0 Å². The standard InChI is InChI=1S/C33H43NO5S/c1-22-19-23(2)29(24(3)20-22)39-40(37)34(21-27-15-11-9-12-16-27)26(5)30(28-17-13-10-14-18-28)38-32(36)25(4)31(35)33(6,7)8/h9-20,25-26,30-31,35H,21H2,1-8H3/t25-,26+,30+,31+,40?/m1/s1. The summed E-state index contributed by atoms with van der Waals surface area (Å²) in [6, 6.07) is 22.6. The molecule has 1 unspecified atom stereocenters. The first-order valence-corrected chi connectivity index (χ1v) is 14.7. The van der Waals surface area contributed by atoms with Crippen LogP contribution in [0.1, 0.15) is 68.5 Å². The molecule has 0 radical (unpaired) electrons. The van der Waals surface area contributed by atoms with Crippen LogP contribution in [0.5, 0.6) is 5.75 Å². The Morgan fingerprint density at radius 1 is 0.925 bits per heavy atom. The van der Waals surface area contributed by atoms with Crippen molar-refractivity contribution in [2.75, 3.05) is 0 Å². The molecule has 0 amide bonds. The quantitative estimate of drug-likeness (QED) is 0.259. The zero-order valence-corrected chi connectivity index (χ0v) is 25.7. The highest BCUT2D eigenvalue weighted by Gasteiger charge is 2.38. The Bertz CT molecular complexity index is 1270. The van der Waals surface area contributed by atoms with Gasteiger partial charge in [-0.2, -0.15) is 8.51 Å². The van der Waals surface area contributed by atoms with Gasteiger partial charge in [-0.05, 0) is 62.3 Å². The molecule has 0 aliphatic carbocycles. The van der Waals surface area contributed by atoms with Crippen molar-refractivity contribution >= 4 is 17.2 Å². The Kier molecular flexibility index (Phi) is 10.7. The zero-order chi connectivity index (χ0) is 29.6. The van der Waals surface area contributed by atoms with Crippen LogP contribution in [0.4, 0.5) is 0 Å². The van der Waals surface area contributed by atoms with Gasteiger partial charge in [-0.25, -0.2) is 0 Å². The maximum atomic E-state index is 14.0. The van der Waals surface area contributed by atoms with Gasteiger partial charge in [0, 0.05) is 6.54 Å². The van der Waals surface area contributed by atoms with Crippen molar-refractivity contribution in [3.05, 3.63) is 101 Å². The van der Waals surface area contributed by atoms with E-state index in [1.165, 1.54) is 0 Å². The van der Waals surface area contributed by atoms with Crippen molar-refractivity contribution in [1.29, 1.82) is 0 Å². The number of esters is 1. The van der Waals surface area contributed by atoms with Crippen molar-refractivity contribution in [1.82, 2.24) is 4.31 Å². The Morgan fingerprint density at radius 2 is 1.45 bits per heavy atom. The molecule has 5 atom stereocenters. The lowest BCUT2D eigenvalue weighted by Gasteiger charge is -2.35. The summed E-state index contributed by atoms with van der Waals surface area (Å²) in [6.07, 6.45) is -1.66. The van der Waals surface area contributed by atoms with Crippen molar-refractivity contribution in [2.45, 2.75) is 80.2 Å². The number of carbonyl (C=O) groups is 1. The number of hydrogen-bond donors (Lipinski definition) is 1. The van der Waals surface area contributed by atoms with Crippen molar-refractivity contribution in [2.24, 2.45) is 11.3 Å². The highest BCUT2D eigenvalue weighted by molar-refractivity contribution is 7.78. The minimum absolute atomic E-state index is 0.305. The molecule has 3 aromatic rings. The number of ether oxygens (including phenoxy) is 1. The zero-order valence-electron chi connectivity index (χ0n) is 24.9. The van der Waals surface area contributed by atoms with E-state index in [2.05, 4.69) is 0 Å². The fourth-order valence-corrected chi connectivity index (χ4v) is 6.00. The Morgan fingerprint density at radius 3 is 1.98 bits per heavy atom.